The maximum absolute atomic E-state index is 11.6. The van der Waals surface area contributed by atoms with Crippen molar-refractivity contribution in [1.29, 1.82) is 0 Å². The van der Waals surface area contributed by atoms with Crippen LogP contribution < -0.4 is 5.43 Å². The molecule has 0 aromatic heterocycles. The molecule has 1 aromatic rings. The monoisotopic (exact) mass is 228 g/mol. The van der Waals surface area contributed by atoms with E-state index in [-0.39, 0.29) is 16.9 Å². The Morgan fingerprint density at radius 1 is 0.941 bits per heavy atom. The lowest BCUT2D eigenvalue weighted by atomic mass is 9.97. The van der Waals surface area contributed by atoms with Crippen molar-refractivity contribution >= 4 is 17.1 Å². The van der Waals surface area contributed by atoms with Crippen molar-refractivity contribution in [3.63, 3.8) is 0 Å². The van der Waals surface area contributed by atoms with Crippen LogP contribution in [0, 0.1) is 0 Å². The molecule has 1 aliphatic rings. The van der Waals surface area contributed by atoms with E-state index in [1.165, 1.54) is 24.3 Å². The van der Waals surface area contributed by atoms with E-state index in [1.807, 2.05) is 0 Å². The van der Waals surface area contributed by atoms with Crippen molar-refractivity contribution in [3.8, 4) is 5.75 Å². The smallest absolute Gasteiger partial charge is 0.220 e. The Labute approximate surface area is 96.5 Å². The maximum atomic E-state index is 11.6. The largest absolute Gasteiger partial charge is 0.504 e. The average Bonchev–Trinajstić information content (AvgIpc) is 2.46. The Kier molecular flexibility index (Phi) is 2.70. The Balaban J connectivity index is 2.68. The van der Waals surface area contributed by atoms with Gasteiger partial charge in [-0.2, -0.15) is 0 Å². The number of hydrogen-bond donors (Lipinski definition) is 1. The molecule has 0 saturated carbocycles. The predicted molar refractivity (Wildman–Crippen MR) is 61.5 cm³/mol. The zero-order valence-corrected chi connectivity index (χ0v) is 8.71. The van der Waals surface area contributed by atoms with Gasteiger partial charge in [0.05, 0.1) is 0 Å². The Morgan fingerprint density at radius 2 is 1.65 bits per heavy atom. The molecule has 1 N–H and O–H groups in total. The van der Waals surface area contributed by atoms with Crippen molar-refractivity contribution < 1.29 is 14.7 Å². The van der Waals surface area contributed by atoms with Crippen LogP contribution in [0.3, 0.4) is 0 Å². The fraction of sp³-hybridized carbons (Fsp3) is 0. The van der Waals surface area contributed by atoms with Crippen LogP contribution in [0.2, 0.25) is 0 Å². The van der Waals surface area contributed by atoms with Crippen molar-refractivity contribution in [1.82, 2.24) is 0 Å². The highest BCUT2D eigenvalue weighted by molar-refractivity contribution is 6.34. The zero-order chi connectivity index (χ0) is 12.4. The summed E-state index contributed by atoms with van der Waals surface area (Å²) < 4.78 is 0. The van der Waals surface area contributed by atoms with E-state index in [0.717, 1.165) is 18.2 Å². The van der Waals surface area contributed by atoms with Crippen molar-refractivity contribution in [2.75, 3.05) is 0 Å². The number of hydrogen-bond acceptors (Lipinski definition) is 4. The van der Waals surface area contributed by atoms with Crippen molar-refractivity contribution in [3.05, 3.63) is 58.3 Å². The lowest BCUT2D eigenvalue weighted by Gasteiger charge is -2.06. The molecular formula is C13H8O4. The topological polar surface area (TPSA) is 71.4 Å². The molecule has 0 heterocycles. The van der Waals surface area contributed by atoms with E-state index in [0.29, 0.717) is 0 Å². The third kappa shape index (κ3) is 2.06. The van der Waals surface area contributed by atoms with Crippen LogP contribution >= 0.6 is 0 Å². The average molecular weight is 228 g/mol. The fourth-order valence-corrected chi connectivity index (χ4v) is 1.52. The number of rotatable bonds is 1. The highest BCUT2D eigenvalue weighted by atomic mass is 16.3. The lowest BCUT2D eigenvalue weighted by molar-refractivity contribution is -0.113. The molecule has 0 fully saturated rings. The lowest BCUT2D eigenvalue weighted by Crippen LogP contribution is -2.08. The Bertz CT molecular complexity index is 624. The molecule has 4 heteroatoms. The third-order valence-corrected chi connectivity index (χ3v) is 2.35. The first-order valence-electron chi connectivity index (χ1n) is 4.90. The molecule has 0 bridgehead atoms. The number of allylic oxidation sites excluding steroid dienone is 4. The fourth-order valence-electron chi connectivity index (χ4n) is 1.52. The predicted octanol–water partition coefficient (Wildman–Crippen LogP) is 0.844. The second-order valence-corrected chi connectivity index (χ2v) is 3.50. The van der Waals surface area contributed by atoms with Gasteiger partial charge in [0.2, 0.25) is 5.43 Å². The summed E-state index contributed by atoms with van der Waals surface area (Å²) in [5.41, 5.74) is -0.494. The van der Waals surface area contributed by atoms with E-state index in [9.17, 15) is 19.5 Å². The van der Waals surface area contributed by atoms with E-state index in [2.05, 4.69) is 0 Å². The molecule has 0 atom stereocenters. The highest BCUT2D eigenvalue weighted by Gasteiger charge is 2.18. The molecule has 17 heavy (non-hydrogen) atoms. The van der Waals surface area contributed by atoms with Gasteiger partial charge in [0.25, 0.3) is 0 Å². The first-order valence-corrected chi connectivity index (χ1v) is 4.90. The maximum Gasteiger partial charge on any atom is 0.220 e. The third-order valence-electron chi connectivity index (χ3n) is 2.35. The van der Waals surface area contributed by atoms with Crippen LogP contribution in [0.1, 0.15) is 5.56 Å². The molecular weight excluding hydrogens is 220 g/mol. The van der Waals surface area contributed by atoms with Crippen LogP contribution in [0.15, 0.2) is 47.3 Å². The number of carbonyl (C=O) groups is 2. The van der Waals surface area contributed by atoms with Crippen molar-refractivity contribution in [2.24, 2.45) is 0 Å². The number of ketones is 2. The minimum atomic E-state index is -0.597. The molecule has 0 spiro atoms. The molecule has 2 rings (SSSR count). The van der Waals surface area contributed by atoms with Crippen LogP contribution in [-0.4, -0.2) is 16.7 Å². The number of carbonyl (C=O) groups excluding carboxylic acids is 2. The Hall–Kier alpha value is -2.49. The van der Waals surface area contributed by atoms with Crippen LogP contribution in [0.4, 0.5) is 0 Å². The Morgan fingerprint density at radius 3 is 2.41 bits per heavy atom. The zero-order valence-electron chi connectivity index (χ0n) is 8.71. The van der Waals surface area contributed by atoms with E-state index in [4.69, 9.17) is 0 Å². The summed E-state index contributed by atoms with van der Waals surface area (Å²) in [5.74, 6) is -1.29. The minimum absolute atomic E-state index is 0.0308. The quantitative estimate of drug-likeness (QED) is 0.723. The normalized spacial score (nSPS) is 14.7. The minimum Gasteiger partial charge on any atom is -0.504 e. The van der Waals surface area contributed by atoms with Gasteiger partial charge in [-0.15, -0.1) is 0 Å². The number of aromatic hydroxyl groups is 1. The van der Waals surface area contributed by atoms with E-state index in [1.54, 1.807) is 0 Å². The summed E-state index contributed by atoms with van der Waals surface area (Å²) >= 11 is 0. The van der Waals surface area contributed by atoms with Gasteiger partial charge in [0, 0.05) is 11.1 Å². The van der Waals surface area contributed by atoms with Gasteiger partial charge in [-0.25, -0.2) is 0 Å². The van der Waals surface area contributed by atoms with Gasteiger partial charge in [-0.3, -0.25) is 14.4 Å². The van der Waals surface area contributed by atoms with Gasteiger partial charge in [0.1, 0.15) is 0 Å². The van der Waals surface area contributed by atoms with Gasteiger partial charge in [-0.05, 0) is 24.3 Å². The van der Waals surface area contributed by atoms with Gasteiger partial charge >= 0.3 is 0 Å². The standard InChI is InChI=1S/C13H8O4/c14-8-5-6-11(15)10(7-8)9-3-1-2-4-12(16)13(9)17/h1-7H,(H,16,17). The van der Waals surface area contributed by atoms with E-state index < -0.39 is 17.0 Å². The molecule has 0 amide bonds. The highest BCUT2D eigenvalue weighted by Crippen LogP contribution is 2.24. The van der Waals surface area contributed by atoms with Gasteiger partial charge in [0.15, 0.2) is 17.3 Å². The second kappa shape index (κ2) is 4.17. The summed E-state index contributed by atoms with van der Waals surface area (Å²) in [7, 11) is 0. The van der Waals surface area contributed by atoms with Crippen LogP contribution in [0.5, 0.6) is 5.75 Å². The van der Waals surface area contributed by atoms with Crippen molar-refractivity contribution in [2.45, 2.75) is 0 Å². The summed E-state index contributed by atoms with van der Waals surface area (Å²) in [6.45, 7) is 0. The molecule has 1 aliphatic carbocycles. The van der Waals surface area contributed by atoms with Gasteiger partial charge in [-0.1, -0.05) is 18.2 Å². The molecule has 84 valence electrons. The summed E-state index contributed by atoms with van der Waals surface area (Å²) in [6.07, 6.45) is 3.37. The summed E-state index contributed by atoms with van der Waals surface area (Å²) in [5, 5.41) is 9.67. The molecule has 0 unspecified atom stereocenters. The second-order valence-electron chi connectivity index (χ2n) is 3.50. The molecule has 1 aromatic carbocycles. The molecule has 0 radical (unpaired) electrons. The summed E-state index contributed by atoms with van der Waals surface area (Å²) in [4.78, 5) is 34.2. The SMILES string of the molecule is O=C1C=CC(=O)C(c2ccccc(=O)c2O)=C1. The van der Waals surface area contributed by atoms with Gasteiger partial charge < -0.3 is 5.11 Å². The first-order chi connectivity index (χ1) is 8.09. The molecule has 4 nitrogen and oxygen atoms in total. The molecule has 0 saturated heterocycles. The van der Waals surface area contributed by atoms with E-state index >= 15 is 0 Å². The first kappa shape index (κ1) is 11.0. The summed E-state index contributed by atoms with van der Waals surface area (Å²) in [6, 6.07) is 5.59. The molecule has 0 aliphatic heterocycles. The van der Waals surface area contributed by atoms with Crippen LogP contribution in [0.25, 0.3) is 5.57 Å². The van der Waals surface area contributed by atoms with Crippen LogP contribution in [-0.2, 0) is 9.59 Å².